The van der Waals surface area contributed by atoms with Crippen molar-refractivity contribution >= 4 is 32.6 Å². The number of rotatable bonds is 2. The van der Waals surface area contributed by atoms with E-state index in [9.17, 15) is 0 Å². The molecule has 0 saturated heterocycles. The van der Waals surface area contributed by atoms with Gasteiger partial charge in [-0.25, -0.2) is 0 Å². The predicted octanol–water partition coefficient (Wildman–Crippen LogP) is 10.8. The van der Waals surface area contributed by atoms with E-state index in [-0.39, 0.29) is 0 Å². The summed E-state index contributed by atoms with van der Waals surface area (Å²) in [6, 6.07) is 55.7. The molecule has 0 radical (unpaired) electrons. The first-order chi connectivity index (χ1) is 20.8. The van der Waals surface area contributed by atoms with E-state index in [1.54, 1.807) is 0 Å². The molecule has 0 atom stereocenters. The molecule has 0 fully saturated rings. The summed E-state index contributed by atoms with van der Waals surface area (Å²) in [5, 5.41) is 5.20. The topological polar surface area (TPSA) is 4.93 Å². The number of fused-ring (bicyclic) bond motifs is 9. The minimum absolute atomic E-state index is 0.897. The van der Waals surface area contributed by atoms with Gasteiger partial charge in [0, 0.05) is 22.8 Å². The van der Waals surface area contributed by atoms with Crippen LogP contribution in [0.15, 0.2) is 152 Å². The largest absolute Gasteiger partial charge is 0.308 e. The van der Waals surface area contributed by atoms with E-state index in [4.69, 9.17) is 0 Å². The highest BCUT2D eigenvalue weighted by molar-refractivity contribution is 6.15. The Morgan fingerprint density at radius 3 is 1.98 bits per heavy atom. The molecule has 196 valence electrons. The van der Waals surface area contributed by atoms with Crippen molar-refractivity contribution in [2.45, 2.75) is 6.42 Å². The minimum Gasteiger partial charge on any atom is -0.308 e. The lowest BCUT2D eigenvalue weighted by Gasteiger charge is -2.22. The molecule has 0 amide bonds. The molecule has 1 heteroatoms. The molecule has 1 aliphatic rings. The van der Waals surface area contributed by atoms with Gasteiger partial charge in [0.05, 0.1) is 16.7 Å². The van der Waals surface area contributed by atoms with Gasteiger partial charge in [0.25, 0.3) is 0 Å². The molecule has 0 unspecified atom stereocenters. The number of benzene rings is 7. The number of para-hydroxylation sites is 1. The van der Waals surface area contributed by atoms with Crippen LogP contribution in [0, 0.1) is 0 Å². The second-order valence-electron chi connectivity index (χ2n) is 11.3. The summed E-state index contributed by atoms with van der Waals surface area (Å²) in [5.74, 6) is 0. The standard InChI is InChI=1S/C41H27N/c1-2-9-27(10-3-1)28-17-19-29(20-18-28)31-22-24-40-38(25-31)36-16-8-15-35-34-14-7-5-12-32(34)26-37-33-13-6-4-11-30(33)21-23-39(37)42(40)41(35)36/h1-25H,26H2. The second-order valence-corrected chi connectivity index (χ2v) is 11.3. The molecule has 8 aromatic rings. The van der Waals surface area contributed by atoms with E-state index >= 15 is 0 Å². The third kappa shape index (κ3) is 3.44. The van der Waals surface area contributed by atoms with Gasteiger partial charge < -0.3 is 4.57 Å². The Hall–Kier alpha value is -5.40. The molecule has 2 heterocycles. The van der Waals surface area contributed by atoms with Crippen LogP contribution in [0.4, 0.5) is 0 Å². The SMILES string of the molecule is c1ccc(-c2ccc(-c3ccc4c(c3)c3cccc5c3n4-c3ccc4ccccc4c3Cc3ccccc3-5)cc2)cc1. The van der Waals surface area contributed by atoms with Crippen molar-refractivity contribution in [2.24, 2.45) is 0 Å². The third-order valence-corrected chi connectivity index (χ3v) is 9.04. The lowest BCUT2D eigenvalue weighted by molar-refractivity contribution is 1.10. The molecule has 1 aliphatic heterocycles. The molecule has 42 heavy (non-hydrogen) atoms. The van der Waals surface area contributed by atoms with Crippen molar-refractivity contribution in [3.63, 3.8) is 0 Å². The molecule has 0 bridgehead atoms. The number of nitrogens with zero attached hydrogens (tertiary/aromatic N) is 1. The van der Waals surface area contributed by atoms with Crippen LogP contribution >= 0.6 is 0 Å². The van der Waals surface area contributed by atoms with Crippen molar-refractivity contribution in [3.8, 4) is 39.1 Å². The summed E-state index contributed by atoms with van der Waals surface area (Å²) >= 11 is 0. The Morgan fingerprint density at radius 2 is 1.10 bits per heavy atom. The van der Waals surface area contributed by atoms with Crippen LogP contribution in [0.25, 0.3) is 71.6 Å². The maximum absolute atomic E-state index is 2.53. The second kappa shape index (κ2) is 9.06. The van der Waals surface area contributed by atoms with Gasteiger partial charge in [0.1, 0.15) is 0 Å². The average molecular weight is 534 g/mol. The number of aromatic nitrogens is 1. The number of hydrogen-bond donors (Lipinski definition) is 0. The summed E-state index contributed by atoms with van der Waals surface area (Å²) in [5.41, 5.74) is 14.1. The molecule has 0 spiro atoms. The Bertz CT molecular complexity index is 2300. The van der Waals surface area contributed by atoms with Crippen LogP contribution in [-0.2, 0) is 6.42 Å². The number of hydrogen-bond acceptors (Lipinski definition) is 0. The van der Waals surface area contributed by atoms with Crippen LogP contribution in [0.2, 0.25) is 0 Å². The monoisotopic (exact) mass is 533 g/mol. The van der Waals surface area contributed by atoms with E-state index in [2.05, 4.69) is 156 Å². The van der Waals surface area contributed by atoms with E-state index in [1.807, 2.05) is 0 Å². The predicted molar refractivity (Wildman–Crippen MR) is 177 cm³/mol. The van der Waals surface area contributed by atoms with Gasteiger partial charge in [-0.1, -0.05) is 133 Å². The summed E-state index contributed by atoms with van der Waals surface area (Å²) in [7, 11) is 0. The first-order valence-corrected chi connectivity index (χ1v) is 14.7. The molecule has 1 nitrogen and oxygen atoms in total. The maximum atomic E-state index is 2.53. The summed E-state index contributed by atoms with van der Waals surface area (Å²) < 4.78 is 2.53. The molecular formula is C41H27N. The fourth-order valence-corrected chi connectivity index (χ4v) is 7.05. The summed E-state index contributed by atoms with van der Waals surface area (Å²) in [6.45, 7) is 0. The molecule has 7 aromatic carbocycles. The van der Waals surface area contributed by atoms with Crippen molar-refractivity contribution in [3.05, 3.63) is 163 Å². The lowest BCUT2D eigenvalue weighted by atomic mass is 9.89. The highest BCUT2D eigenvalue weighted by Gasteiger charge is 2.23. The van der Waals surface area contributed by atoms with Crippen molar-refractivity contribution in [1.82, 2.24) is 4.57 Å². The van der Waals surface area contributed by atoms with E-state index in [0.717, 1.165) is 6.42 Å². The zero-order chi connectivity index (χ0) is 27.6. The Kier molecular flexibility index (Phi) is 5.03. The highest BCUT2D eigenvalue weighted by atomic mass is 15.0. The van der Waals surface area contributed by atoms with E-state index in [1.165, 1.54) is 82.8 Å². The van der Waals surface area contributed by atoms with E-state index < -0.39 is 0 Å². The van der Waals surface area contributed by atoms with E-state index in [0.29, 0.717) is 0 Å². The molecule has 0 aliphatic carbocycles. The smallest absolute Gasteiger partial charge is 0.0619 e. The van der Waals surface area contributed by atoms with Crippen LogP contribution < -0.4 is 0 Å². The zero-order valence-corrected chi connectivity index (χ0v) is 23.1. The summed E-state index contributed by atoms with van der Waals surface area (Å²) in [6.07, 6.45) is 0.897. The fraction of sp³-hybridized carbons (Fsp3) is 0.0244. The van der Waals surface area contributed by atoms with Crippen LogP contribution in [0.3, 0.4) is 0 Å². The van der Waals surface area contributed by atoms with Gasteiger partial charge >= 0.3 is 0 Å². The van der Waals surface area contributed by atoms with Gasteiger partial charge in [0.15, 0.2) is 0 Å². The highest BCUT2D eigenvalue weighted by Crippen LogP contribution is 2.44. The zero-order valence-electron chi connectivity index (χ0n) is 23.1. The van der Waals surface area contributed by atoms with Gasteiger partial charge in [-0.2, -0.15) is 0 Å². The lowest BCUT2D eigenvalue weighted by Crippen LogP contribution is -2.06. The van der Waals surface area contributed by atoms with Gasteiger partial charge in [-0.3, -0.25) is 0 Å². The van der Waals surface area contributed by atoms with Gasteiger partial charge in [-0.05, 0) is 67.9 Å². The molecule has 9 rings (SSSR count). The minimum atomic E-state index is 0.897. The summed E-state index contributed by atoms with van der Waals surface area (Å²) in [4.78, 5) is 0. The normalized spacial score (nSPS) is 12.2. The maximum Gasteiger partial charge on any atom is 0.0619 e. The van der Waals surface area contributed by atoms with Crippen LogP contribution in [0.5, 0.6) is 0 Å². The fourth-order valence-electron chi connectivity index (χ4n) is 7.05. The van der Waals surface area contributed by atoms with Crippen molar-refractivity contribution in [1.29, 1.82) is 0 Å². The van der Waals surface area contributed by atoms with Gasteiger partial charge in [0.2, 0.25) is 0 Å². The molecule has 1 aromatic heterocycles. The molecular weight excluding hydrogens is 506 g/mol. The Morgan fingerprint density at radius 1 is 0.429 bits per heavy atom. The van der Waals surface area contributed by atoms with Crippen LogP contribution in [-0.4, -0.2) is 4.57 Å². The molecule has 0 saturated carbocycles. The quantitative estimate of drug-likeness (QED) is 0.208. The Balaban J connectivity index is 1.33. The van der Waals surface area contributed by atoms with Crippen molar-refractivity contribution < 1.29 is 0 Å². The first-order valence-electron chi connectivity index (χ1n) is 14.7. The third-order valence-electron chi connectivity index (χ3n) is 9.04. The molecule has 0 N–H and O–H groups in total. The average Bonchev–Trinajstić information content (AvgIpc) is 3.39. The first kappa shape index (κ1) is 23.3. The van der Waals surface area contributed by atoms with Crippen molar-refractivity contribution in [2.75, 3.05) is 0 Å². The van der Waals surface area contributed by atoms with Gasteiger partial charge in [-0.15, -0.1) is 0 Å². The van der Waals surface area contributed by atoms with Crippen LogP contribution in [0.1, 0.15) is 11.1 Å². The Labute approximate surface area is 244 Å².